The highest BCUT2D eigenvalue weighted by molar-refractivity contribution is 5.96. The summed E-state index contributed by atoms with van der Waals surface area (Å²) in [4.78, 5) is 30.4. The summed E-state index contributed by atoms with van der Waals surface area (Å²) < 4.78 is 0. The van der Waals surface area contributed by atoms with Crippen molar-refractivity contribution in [2.24, 2.45) is 0 Å². The minimum Gasteiger partial charge on any atom is -0.355 e. The molecule has 2 aliphatic rings. The highest BCUT2D eigenvalue weighted by Gasteiger charge is 2.18. The number of nitrogens with zero attached hydrogens (tertiary/aromatic N) is 5. The normalized spacial score (nSPS) is 12.1. The number of fused-ring (bicyclic) bond motifs is 8. The molecule has 0 aromatic carbocycles. The predicted molar refractivity (Wildman–Crippen MR) is 169 cm³/mol. The van der Waals surface area contributed by atoms with Crippen LogP contribution < -0.4 is 0 Å². The lowest BCUT2D eigenvalue weighted by atomic mass is 10.0. The predicted octanol–water partition coefficient (Wildman–Crippen LogP) is 7.84. The lowest BCUT2D eigenvalue weighted by Crippen LogP contribution is -1.91. The van der Waals surface area contributed by atoms with Crippen LogP contribution in [0.1, 0.15) is 22.8 Å². The van der Waals surface area contributed by atoms with Crippen LogP contribution in [0.4, 0.5) is 0 Å². The van der Waals surface area contributed by atoms with Crippen LogP contribution in [-0.2, 0) is 0 Å². The third-order valence-electron chi connectivity index (χ3n) is 7.48. The summed E-state index contributed by atoms with van der Waals surface area (Å²) in [7, 11) is 0. The molecule has 0 atom stereocenters. The third kappa shape index (κ3) is 4.20. The van der Waals surface area contributed by atoms with Crippen molar-refractivity contribution in [3.8, 4) is 33.4 Å². The second-order valence-corrected chi connectivity index (χ2v) is 10.1. The summed E-state index contributed by atoms with van der Waals surface area (Å²) in [6.45, 7) is 0. The molecule has 2 aliphatic heterocycles. The highest BCUT2D eigenvalue weighted by Crippen LogP contribution is 2.36. The van der Waals surface area contributed by atoms with Gasteiger partial charge in [-0.2, -0.15) is 0 Å². The Morgan fingerprint density at radius 3 is 1.14 bits per heavy atom. The van der Waals surface area contributed by atoms with Crippen LogP contribution in [0.15, 0.2) is 104 Å². The van der Waals surface area contributed by atoms with E-state index in [2.05, 4.69) is 79.6 Å². The van der Waals surface area contributed by atoms with Gasteiger partial charge in [-0.25, -0.2) is 9.97 Å². The molecule has 0 unspecified atom stereocenters. The number of H-pyrrole nitrogens is 2. The van der Waals surface area contributed by atoms with Crippen molar-refractivity contribution in [3.63, 3.8) is 0 Å². The summed E-state index contributed by atoms with van der Waals surface area (Å²) >= 11 is 0. The van der Waals surface area contributed by atoms with Gasteiger partial charge in [0.1, 0.15) is 0 Å². The van der Waals surface area contributed by atoms with Crippen molar-refractivity contribution in [3.05, 3.63) is 127 Å². The van der Waals surface area contributed by atoms with Crippen LogP contribution in [-0.4, -0.2) is 34.9 Å². The Morgan fingerprint density at radius 1 is 0.381 bits per heavy atom. The molecule has 0 saturated carbocycles. The molecule has 0 fully saturated rings. The molecule has 7 heteroatoms. The first kappa shape index (κ1) is 23.9. The van der Waals surface area contributed by atoms with E-state index in [0.717, 1.165) is 78.2 Å². The quantitative estimate of drug-likeness (QED) is 0.238. The number of nitrogens with one attached hydrogen (secondary N) is 2. The minimum absolute atomic E-state index is 0.838. The van der Waals surface area contributed by atoms with Crippen molar-refractivity contribution in [2.75, 3.05) is 0 Å². The molecule has 42 heavy (non-hydrogen) atoms. The van der Waals surface area contributed by atoms with E-state index in [1.165, 1.54) is 0 Å². The summed E-state index contributed by atoms with van der Waals surface area (Å²) in [6, 6.07) is 22.5. The maximum atomic E-state index is 5.20. The first-order valence-corrected chi connectivity index (χ1v) is 13.6. The van der Waals surface area contributed by atoms with Gasteiger partial charge >= 0.3 is 0 Å². The zero-order valence-corrected chi connectivity index (χ0v) is 22.4. The van der Waals surface area contributed by atoms with E-state index in [-0.39, 0.29) is 0 Å². The Bertz CT molecular complexity index is 2040. The molecule has 8 heterocycles. The fourth-order valence-corrected chi connectivity index (χ4v) is 5.60. The molecular formula is C35H23N7. The van der Waals surface area contributed by atoms with Crippen LogP contribution in [0.25, 0.3) is 79.8 Å². The van der Waals surface area contributed by atoms with Crippen LogP contribution in [0.2, 0.25) is 0 Å². The van der Waals surface area contributed by atoms with Crippen molar-refractivity contribution in [1.29, 1.82) is 0 Å². The monoisotopic (exact) mass is 541 g/mol. The van der Waals surface area contributed by atoms with Crippen LogP contribution in [0, 0.1) is 0 Å². The number of aromatic amines is 2. The van der Waals surface area contributed by atoms with Crippen molar-refractivity contribution >= 4 is 46.4 Å². The molecular weight excluding hydrogens is 518 g/mol. The van der Waals surface area contributed by atoms with Gasteiger partial charge < -0.3 is 9.97 Å². The molecule has 0 amide bonds. The number of rotatable bonds is 3. The van der Waals surface area contributed by atoms with Gasteiger partial charge in [-0.1, -0.05) is 0 Å². The van der Waals surface area contributed by atoms with Crippen molar-refractivity contribution < 1.29 is 0 Å². The Balaban J connectivity index is 1.54. The average Bonchev–Trinajstić information content (AvgIpc) is 3.86. The van der Waals surface area contributed by atoms with Gasteiger partial charge in [-0.3, -0.25) is 15.0 Å². The van der Waals surface area contributed by atoms with E-state index in [4.69, 9.17) is 9.97 Å². The number of hydrogen-bond acceptors (Lipinski definition) is 5. The second kappa shape index (κ2) is 9.91. The Hall–Kier alpha value is -5.95. The Labute approximate surface area is 241 Å². The van der Waals surface area contributed by atoms with Gasteiger partial charge in [0, 0.05) is 75.9 Å². The van der Waals surface area contributed by atoms with Gasteiger partial charge in [0.15, 0.2) is 0 Å². The van der Waals surface area contributed by atoms with Crippen LogP contribution in [0.5, 0.6) is 0 Å². The van der Waals surface area contributed by atoms with E-state index in [9.17, 15) is 0 Å². The van der Waals surface area contributed by atoms with Gasteiger partial charge in [-0.05, 0) is 108 Å². The zero-order chi connectivity index (χ0) is 27.9. The maximum Gasteiger partial charge on any atom is 0.0738 e. The number of hydrogen-bond donors (Lipinski definition) is 2. The molecule has 8 bridgehead atoms. The van der Waals surface area contributed by atoms with E-state index in [1.807, 2.05) is 61.2 Å². The zero-order valence-electron chi connectivity index (χ0n) is 22.4. The molecule has 198 valence electrons. The second-order valence-electron chi connectivity index (χ2n) is 10.1. The molecule has 0 radical (unpaired) electrons. The largest absolute Gasteiger partial charge is 0.355 e. The molecule has 8 rings (SSSR count). The summed E-state index contributed by atoms with van der Waals surface area (Å²) in [5.41, 5.74) is 13.3. The average molecular weight is 542 g/mol. The van der Waals surface area contributed by atoms with E-state index in [1.54, 1.807) is 12.4 Å². The summed E-state index contributed by atoms with van der Waals surface area (Å²) in [6.07, 6.45) is 19.1. The van der Waals surface area contributed by atoms with Crippen molar-refractivity contribution in [1.82, 2.24) is 34.9 Å². The first-order valence-electron chi connectivity index (χ1n) is 13.6. The fourth-order valence-electron chi connectivity index (χ4n) is 5.60. The fraction of sp³-hybridized carbons (Fsp3) is 0. The molecule has 6 aromatic rings. The number of pyridine rings is 3. The smallest absolute Gasteiger partial charge is 0.0738 e. The maximum absolute atomic E-state index is 5.20. The van der Waals surface area contributed by atoms with Gasteiger partial charge in [0.25, 0.3) is 0 Å². The van der Waals surface area contributed by atoms with Gasteiger partial charge in [0.05, 0.1) is 22.8 Å². The van der Waals surface area contributed by atoms with E-state index < -0.39 is 0 Å². The van der Waals surface area contributed by atoms with Gasteiger partial charge in [-0.15, -0.1) is 0 Å². The highest BCUT2D eigenvalue weighted by atomic mass is 14.8. The minimum atomic E-state index is 0.838. The Kier molecular flexibility index (Phi) is 5.64. The van der Waals surface area contributed by atoms with E-state index >= 15 is 0 Å². The van der Waals surface area contributed by atoms with Crippen molar-refractivity contribution in [2.45, 2.75) is 0 Å². The lowest BCUT2D eigenvalue weighted by molar-refractivity contribution is 1.26. The summed E-state index contributed by atoms with van der Waals surface area (Å²) in [5, 5.41) is 0. The van der Waals surface area contributed by atoms with Crippen LogP contribution >= 0.6 is 0 Å². The molecule has 0 aliphatic carbocycles. The Morgan fingerprint density at radius 2 is 0.738 bits per heavy atom. The topological polar surface area (TPSA) is 96.0 Å². The molecule has 7 nitrogen and oxygen atoms in total. The summed E-state index contributed by atoms with van der Waals surface area (Å²) in [5.74, 6) is 0. The van der Waals surface area contributed by atoms with Gasteiger partial charge in [0.2, 0.25) is 0 Å². The number of aromatic nitrogens is 7. The first-order chi connectivity index (χ1) is 20.8. The molecule has 0 spiro atoms. The lowest BCUT2D eigenvalue weighted by Gasteiger charge is -2.06. The SMILES string of the molecule is C1=Cc2nc1c(-c1ccncc1)c1nc(c(-c3ccncc3)c3ccc(cc4ccc([nH]4)c2-c2ccncc2)[nH]3)C=C1. The van der Waals surface area contributed by atoms with E-state index in [0.29, 0.717) is 0 Å². The van der Waals surface area contributed by atoms with Crippen LogP contribution in [0.3, 0.4) is 0 Å². The molecule has 0 saturated heterocycles. The molecule has 2 N–H and O–H groups in total. The molecule has 6 aromatic heterocycles. The third-order valence-corrected chi connectivity index (χ3v) is 7.48. The standard InChI is InChI=1S/C35H23N7/c1-3-27-33(22-9-15-36-16-10-22)29-5-7-31(41-29)35(24-13-19-38-20-14-24)32-8-6-30(42-32)34(23-11-17-37-18-12-23)28-4-2-26(40-28)21-25(1)39-27/h1-21,39-40H.